The minimum atomic E-state index is 0.912. The highest BCUT2D eigenvalue weighted by atomic mass is 15.4. The lowest BCUT2D eigenvalue weighted by molar-refractivity contribution is 0.669. The minimum Gasteiger partial charge on any atom is -0.357 e. The zero-order valence-electron chi connectivity index (χ0n) is 12.6. The average molecular weight is 252 g/mol. The number of rotatable bonds is 8. The summed E-state index contributed by atoms with van der Waals surface area (Å²) >= 11 is 0. The lowest BCUT2D eigenvalue weighted by Crippen LogP contribution is -2.28. The van der Waals surface area contributed by atoms with E-state index in [0.29, 0.717) is 0 Å². The van der Waals surface area contributed by atoms with Crippen molar-refractivity contribution in [2.75, 3.05) is 24.5 Å². The van der Waals surface area contributed by atoms with E-state index >= 15 is 0 Å². The Morgan fingerprint density at radius 2 is 1.78 bits per heavy atom. The van der Waals surface area contributed by atoms with Gasteiger partial charge in [-0.1, -0.05) is 20.8 Å². The maximum Gasteiger partial charge on any atom is 0.131 e. The molecule has 4 heteroatoms. The van der Waals surface area contributed by atoms with Crippen molar-refractivity contribution in [2.24, 2.45) is 7.05 Å². The van der Waals surface area contributed by atoms with Gasteiger partial charge in [-0.3, -0.25) is 4.68 Å². The van der Waals surface area contributed by atoms with Crippen molar-refractivity contribution in [3.63, 3.8) is 0 Å². The minimum absolute atomic E-state index is 0.912. The quantitative estimate of drug-likeness (QED) is 0.771. The summed E-state index contributed by atoms with van der Waals surface area (Å²) in [4.78, 5) is 2.46. The molecule has 0 aliphatic carbocycles. The molecule has 0 aliphatic rings. The molecular formula is C14H28N4. The number of aryl methyl sites for hydroxylation is 2. The summed E-state index contributed by atoms with van der Waals surface area (Å²) in [5.41, 5.74) is 2.49. The van der Waals surface area contributed by atoms with E-state index in [1.54, 1.807) is 0 Å². The molecule has 0 amide bonds. The van der Waals surface area contributed by atoms with Gasteiger partial charge in [-0.2, -0.15) is 5.10 Å². The number of aromatic nitrogens is 2. The number of anilines is 1. The second-order valence-corrected chi connectivity index (χ2v) is 4.78. The van der Waals surface area contributed by atoms with E-state index in [2.05, 4.69) is 50.1 Å². The molecule has 4 nitrogen and oxygen atoms in total. The molecule has 18 heavy (non-hydrogen) atoms. The van der Waals surface area contributed by atoms with E-state index in [1.807, 2.05) is 4.68 Å². The highest BCUT2D eigenvalue weighted by Gasteiger charge is 2.17. The number of hydrogen-bond acceptors (Lipinski definition) is 3. The molecular weight excluding hydrogens is 224 g/mol. The first-order valence-corrected chi connectivity index (χ1v) is 7.13. The zero-order valence-corrected chi connectivity index (χ0v) is 12.6. The van der Waals surface area contributed by atoms with Gasteiger partial charge in [0.15, 0.2) is 0 Å². The van der Waals surface area contributed by atoms with Crippen molar-refractivity contribution >= 4 is 5.82 Å². The highest BCUT2D eigenvalue weighted by Crippen LogP contribution is 2.23. The normalized spacial score (nSPS) is 10.9. The van der Waals surface area contributed by atoms with Gasteiger partial charge in [0.1, 0.15) is 5.82 Å². The summed E-state index contributed by atoms with van der Waals surface area (Å²) in [6, 6.07) is 0. The van der Waals surface area contributed by atoms with E-state index in [-0.39, 0.29) is 0 Å². The van der Waals surface area contributed by atoms with Crippen LogP contribution in [0.15, 0.2) is 0 Å². The van der Waals surface area contributed by atoms with E-state index in [4.69, 9.17) is 0 Å². The van der Waals surface area contributed by atoms with Crippen LogP contribution in [0.3, 0.4) is 0 Å². The van der Waals surface area contributed by atoms with Gasteiger partial charge in [-0.25, -0.2) is 0 Å². The van der Waals surface area contributed by atoms with Crippen LogP contribution >= 0.6 is 0 Å². The Balaban J connectivity index is 3.01. The van der Waals surface area contributed by atoms with Gasteiger partial charge in [0.05, 0.1) is 5.69 Å². The molecule has 104 valence electrons. The Kier molecular flexibility index (Phi) is 6.19. The number of nitrogens with zero attached hydrogens (tertiary/aromatic N) is 3. The Labute approximate surface area is 111 Å². The van der Waals surface area contributed by atoms with Crippen LogP contribution in [0.4, 0.5) is 5.82 Å². The van der Waals surface area contributed by atoms with Crippen LogP contribution in [-0.4, -0.2) is 29.4 Å². The summed E-state index contributed by atoms with van der Waals surface area (Å²) in [7, 11) is 2.05. The molecule has 1 rings (SSSR count). The van der Waals surface area contributed by atoms with Crippen LogP contribution in [0.5, 0.6) is 0 Å². The smallest absolute Gasteiger partial charge is 0.131 e. The molecule has 1 heterocycles. The maximum absolute atomic E-state index is 4.58. The molecule has 1 aromatic heterocycles. The molecule has 0 fully saturated rings. The van der Waals surface area contributed by atoms with Gasteiger partial charge >= 0.3 is 0 Å². The predicted octanol–water partition coefficient (Wildman–Crippen LogP) is 2.46. The third-order valence-electron chi connectivity index (χ3n) is 3.15. The van der Waals surface area contributed by atoms with Gasteiger partial charge in [0.25, 0.3) is 0 Å². The van der Waals surface area contributed by atoms with Crippen molar-refractivity contribution in [3.8, 4) is 0 Å². The summed E-state index contributed by atoms with van der Waals surface area (Å²) in [6.07, 6.45) is 2.34. The summed E-state index contributed by atoms with van der Waals surface area (Å²) in [5, 5.41) is 8.00. The molecule has 0 spiro atoms. The Morgan fingerprint density at radius 1 is 1.17 bits per heavy atom. The molecule has 0 unspecified atom stereocenters. The molecule has 1 aromatic rings. The topological polar surface area (TPSA) is 33.1 Å². The van der Waals surface area contributed by atoms with E-state index in [9.17, 15) is 0 Å². The van der Waals surface area contributed by atoms with E-state index in [0.717, 1.165) is 31.9 Å². The largest absolute Gasteiger partial charge is 0.357 e. The second kappa shape index (κ2) is 7.41. The Bertz CT molecular complexity index is 351. The summed E-state index contributed by atoms with van der Waals surface area (Å²) < 4.78 is 2.04. The lowest BCUT2D eigenvalue weighted by Gasteiger charge is -2.25. The summed E-state index contributed by atoms with van der Waals surface area (Å²) in [5.74, 6) is 1.29. The average Bonchev–Trinajstić information content (AvgIpc) is 2.61. The molecule has 0 saturated carbocycles. The van der Waals surface area contributed by atoms with Crippen molar-refractivity contribution in [1.82, 2.24) is 15.1 Å². The van der Waals surface area contributed by atoms with E-state index < -0.39 is 0 Å². The van der Waals surface area contributed by atoms with Crippen LogP contribution in [-0.2, 0) is 13.6 Å². The van der Waals surface area contributed by atoms with Gasteiger partial charge in [0, 0.05) is 32.2 Å². The van der Waals surface area contributed by atoms with Gasteiger partial charge in [0.2, 0.25) is 0 Å². The third kappa shape index (κ3) is 3.48. The lowest BCUT2D eigenvalue weighted by atomic mass is 10.2. The molecule has 1 N–H and O–H groups in total. The third-order valence-corrected chi connectivity index (χ3v) is 3.15. The van der Waals surface area contributed by atoms with Crippen molar-refractivity contribution in [3.05, 3.63) is 11.3 Å². The first-order valence-electron chi connectivity index (χ1n) is 7.13. The number of nitrogens with one attached hydrogen (secondary N) is 1. The van der Waals surface area contributed by atoms with Gasteiger partial charge in [-0.05, 0) is 26.3 Å². The predicted molar refractivity (Wildman–Crippen MR) is 78.1 cm³/mol. The second-order valence-electron chi connectivity index (χ2n) is 4.78. The van der Waals surface area contributed by atoms with Gasteiger partial charge < -0.3 is 10.2 Å². The van der Waals surface area contributed by atoms with Crippen molar-refractivity contribution < 1.29 is 0 Å². The molecule has 0 bridgehead atoms. The highest BCUT2D eigenvalue weighted by molar-refractivity contribution is 5.50. The van der Waals surface area contributed by atoms with Crippen LogP contribution < -0.4 is 10.2 Å². The fourth-order valence-corrected chi connectivity index (χ4v) is 2.41. The first-order chi connectivity index (χ1) is 8.65. The van der Waals surface area contributed by atoms with Crippen LogP contribution in [0.25, 0.3) is 0 Å². The monoisotopic (exact) mass is 252 g/mol. The Hall–Kier alpha value is -1.03. The van der Waals surface area contributed by atoms with Crippen LogP contribution in [0.2, 0.25) is 0 Å². The maximum atomic E-state index is 4.58. The standard InChI is InChI=1S/C14H28N4/c1-6-9-18(10-7-2)14-13(11-15-8-3)12(4)16-17(14)5/h15H,6-11H2,1-5H3. The number of hydrogen-bond donors (Lipinski definition) is 1. The summed E-state index contributed by atoms with van der Waals surface area (Å²) in [6.45, 7) is 12.8. The first kappa shape index (κ1) is 15.0. The fraction of sp³-hybridized carbons (Fsp3) is 0.786. The molecule has 0 saturated heterocycles. The van der Waals surface area contributed by atoms with Crippen LogP contribution in [0.1, 0.15) is 44.9 Å². The molecule has 0 atom stereocenters. The zero-order chi connectivity index (χ0) is 13.5. The van der Waals surface area contributed by atoms with E-state index in [1.165, 1.54) is 24.2 Å². The van der Waals surface area contributed by atoms with Crippen LogP contribution in [0, 0.1) is 6.92 Å². The molecule has 0 aliphatic heterocycles. The molecule has 0 radical (unpaired) electrons. The van der Waals surface area contributed by atoms with Gasteiger partial charge in [-0.15, -0.1) is 0 Å². The fourth-order valence-electron chi connectivity index (χ4n) is 2.41. The van der Waals surface area contributed by atoms with Crippen molar-refractivity contribution in [2.45, 2.75) is 47.1 Å². The SMILES string of the molecule is CCCN(CCC)c1c(CNCC)c(C)nn1C. The van der Waals surface area contributed by atoms with Crippen molar-refractivity contribution in [1.29, 1.82) is 0 Å². The Morgan fingerprint density at radius 3 is 2.28 bits per heavy atom. The molecule has 0 aromatic carbocycles.